The van der Waals surface area contributed by atoms with Crippen LogP contribution in [0, 0.1) is 0 Å². The highest BCUT2D eigenvalue weighted by Gasteiger charge is 2.05. The molecule has 104 valence electrons. The third-order valence-electron chi connectivity index (χ3n) is 3.69. The third-order valence-corrected chi connectivity index (χ3v) is 3.69. The first-order valence-electron chi connectivity index (χ1n) is 8.22. The second-order valence-corrected chi connectivity index (χ2v) is 5.75. The van der Waals surface area contributed by atoms with Gasteiger partial charge in [0.05, 0.1) is 0 Å². The minimum absolute atomic E-state index is 1.33. The van der Waals surface area contributed by atoms with Crippen LogP contribution >= 0.6 is 0 Å². The Bertz CT molecular complexity index is 229. The van der Waals surface area contributed by atoms with E-state index in [0.29, 0.717) is 0 Å². The zero-order chi connectivity index (χ0) is 13.1. The molecule has 0 fully saturated rings. The monoisotopic (exact) mass is 248 g/mol. The van der Waals surface area contributed by atoms with Gasteiger partial charge >= 0.3 is 0 Å². The molecular weight excluding hydrogens is 216 g/mol. The molecule has 18 heavy (non-hydrogen) atoms. The molecule has 2 rings (SSSR count). The molecule has 0 heteroatoms. The van der Waals surface area contributed by atoms with Crippen LogP contribution in [0.4, 0.5) is 0 Å². The van der Waals surface area contributed by atoms with E-state index in [4.69, 9.17) is 0 Å². The average molecular weight is 248 g/mol. The maximum Gasteiger partial charge on any atom is -0.0136 e. The quantitative estimate of drug-likeness (QED) is 0.303. The van der Waals surface area contributed by atoms with Crippen LogP contribution in [0.2, 0.25) is 0 Å². The van der Waals surface area contributed by atoms with Crippen molar-refractivity contribution in [3.8, 4) is 0 Å². The van der Waals surface area contributed by atoms with Crippen LogP contribution in [0.3, 0.4) is 0 Å². The maximum atomic E-state index is 2.34. The van der Waals surface area contributed by atoms with E-state index in [0.717, 1.165) is 0 Å². The van der Waals surface area contributed by atoms with Crippen LogP contribution in [0.5, 0.6) is 0 Å². The number of hydrogen-bond donors (Lipinski definition) is 0. The molecule has 0 aliphatic heterocycles. The van der Waals surface area contributed by atoms with Gasteiger partial charge in [0.1, 0.15) is 0 Å². The Morgan fingerprint density at radius 1 is 0.667 bits per heavy atom. The van der Waals surface area contributed by atoms with Crippen LogP contribution in [0.15, 0.2) is 23.3 Å². The fourth-order valence-corrected chi connectivity index (χ4v) is 2.11. The zero-order valence-electron chi connectivity index (χ0n) is 12.6. The molecular formula is C18H32. The van der Waals surface area contributed by atoms with Gasteiger partial charge in [-0.2, -0.15) is 0 Å². The Labute approximate surface area is 115 Å². The molecule has 0 amide bonds. The van der Waals surface area contributed by atoms with Gasteiger partial charge in [-0.1, -0.05) is 75.7 Å². The van der Waals surface area contributed by atoms with Crippen LogP contribution in [-0.4, -0.2) is 0 Å². The highest BCUT2D eigenvalue weighted by molar-refractivity contribution is 5.21. The summed E-state index contributed by atoms with van der Waals surface area (Å²) >= 11 is 0. The van der Waals surface area contributed by atoms with Gasteiger partial charge < -0.3 is 0 Å². The molecule has 0 nitrogen and oxygen atoms in total. The normalized spacial score (nSPS) is 15.4. The summed E-state index contributed by atoms with van der Waals surface area (Å²) in [4.78, 5) is 0. The molecule has 0 heterocycles. The minimum atomic E-state index is 1.33. The van der Waals surface area contributed by atoms with Gasteiger partial charge in [-0.05, 0) is 38.5 Å². The lowest BCUT2D eigenvalue weighted by Crippen LogP contribution is -1.74. The van der Waals surface area contributed by atoms with E-state index in [2.05, 4.69) is 26.0 Å². The molecule has 0 radical (unpaired) electrons. The smallest absolute Gasteiger partial charge is 0.0136 e. The van der Waals surface area contributed by atoms with Gasteiger partial charge in [0.15, 0.2) is 0 Å². The van der Waals surface area contributed by atoms with Crippen molar-refractivity contribution in [3.63, 3.8) is 0 Å². The lowest BCUT2D eigenvalue weighted by atomic mass is 10.1. The molecule has 0 spiro atoms. The summed E-state index contributed by atoms with van der Waals surface area (Å²) in [6.07, 6.45) is 21.4. The molecule has 2 aliphatic rings. The summed E-state index contributed by atoms with van der Waals surface area (Å²) in [5.41, 5.74) is 3.40. The Hall–Kier alpha value is -0.520. The van der Waals surface area contributed by atoms with E-state index in [1.54, 1.807) is 11.1 Å². The first kappa shape index (κ1) is 15.5. The van der Waals surface area contributed by atoms with Gasteiger partial charge in [0.25, 0.3) is 0 Å². The number of unbranched alkanes of at least 4 members (excludes halogenated alkanes) is 6. The average Bonchev–Trinajstić information content (AvgIpc) is 3.26. The van der Waals surface area contributed by atoms with E-state index < -0.39 is 0 Å². The fourth-order valence-electron chi connectivity index (χ4n) is 2.11. The molecule has 0 aromatic rings. The van der Waals surface area contributed by atoms with Crippen molar-refractivity contribution in [3.05, 3.63) is 23.3 Å². The topological polar surface area (TPSA) is 0 Å². The van der Waals surface area contributed by atoms with Crippen molar-refractivity contribution in [2.45, 2.75) is 90.9 Å². The van der Waals surface area contributed by atoms with E-state index in [-0.39, 0.29) is 0 Å². The molecule has 0 saturated carbocycles. The van der Waals surface area contributed by atoms with Crippen molar-refractivity contribution in [1.82, 2.24) is 0 Å². The van der Waals surface area contributed by atoms with E-state index >= 15 is 0 Å². The second-order valence-electron chi connectivity index (χ2n) is 5.75. The summed E-state index contributed by atoms with van der Waals surface area (Å²) in [7, 11) is 0. The number of allylic oxidation sites excluding steroid dienone is 4. The van der Waals surface area contributed by atoms with Crippen molar-refractivity contribution < 1.29 is 0 Å². The van der Waals surface area contributed by atoms with Gasteiger partial charge in [0, 0.05) is 0 Å². The van der Waals surface area contributed by atoms with Crippen LogP contribution in [0.1, 0.15) is 90.9 Å². The van der Waals surface area contributed by atoms with E-state index in [1.165, 1.54) is 77.0 Å². The highest BCUT2D eigenvalue weighted by Crippen LogP contribution is 2.25. The van der Waals surface area contributed by atoms with Gasteiger partial charge in [-0.25, -0.2) is 0 Å². The van der Waals surface area contributed by atoms with Gasteiger partial charge in [-0.15, -0.1) is 0 Å². The van der Waals surface area contributed by atoms with Crippen LogP contribution < -0.4 is 0 Å². The Morgan fingerprint density at radius 2 is 1.06 bits per heavy atom. The Kier molecular flexibility index (Phi) is 8.98. The van der Waals surface area contributed by atoms with Crippen molar-refractivity contribution >= 4 is 0 Å². The lowest BCUT2D eigenvalue weighted by Gasteiger charge is -1.93. The van der Waals surface area contributed by atoms with Gasteiger partial charge in [-0.3, -0.25) is 0 Å². The predicted octanol–water partition coefficient (Wildman–Crippen LogP) is 6.57. The third kappa shape index (κ3) is 10.6. The summed E-state index contributed by atoms with van der Waals surface area (Å²) in [6, 6.07) is 0. The summed E-state index contributed by atoms with van der Waals surface area (Å²) < 4.78 is 0. The molecule has 0 unspecified atom stereocenters. The molecule has 0 aromatic heterocycles. The van der Waals surface area contributed by atoms with Gasteiger partial charge in [0.2, 0.25) is 0 Å². The molecule has 0 atom stereocenters. The summed E-state index contributed by atoms with van der Waals surface area (Å²) in [6.45, 7) is 4.52. The first-order valence-corrected chi connectivity index (χ1v) is 8.22. The Morgan fingerprint density at radius 3 is 1.33 bits per heavy atom. The summed E-state index contributed by atoms with van der Waals surface area (Å²) in [5, 5.41) is 0. The zero-order valence-corrected chi connectivity index (χ0v) is 12.6. The Balaban J connectivity index is 0.000000180. The summed E-state index contributed by atoms with van der Waals surface area (Å²) in [5.74, 6) is 0. The first-order chi connectivity index (χ1) is 8.86. The van der Waals surface area contributed by atoms with Crippen molar-refractivity contribution in [1.29, 1.82) is 0 Å². The highest BCUT2D eigenvalue weighted by atomic mass is 14.1. The van der Waals surface area contributed by atoms with E-state index in [1.807, 2.05) is 0 Å². The SMILES string of the molecule is CCCCCCC1=CC1.CCCCCCC1=CC1. The van der Waals surface area contributed by atoms with Crippen LogP contribution in [0.25, 0.3) is 0 Å². The van der Waals surface area contributed by atoms with E-state index in [9.17, 15) is 0 Å². The number of rotatable bonds is 10. The maximum absolute atomic E-state index is 2.34. The minimum Gasteiger partial charge on any atom is -0.0810 e. The second kappa shape index (κ2) is 10.4. The standard InChI is InChI=1S/2C9H16/c2*1-2-3-4-5-6-9-7-8-9/h2*7H,2-6,8H2,1H3. The molecule has 0 N–H and O–H groups in total. The molecule has 0 aromatic carbocycles. The van der Waals surface area contributed by atoms with Crippen molar-refractivity contribution in [2.75, 3.05) is 0 Å². The predicted molar refractivity (Wildman–Crippen MR) is 82.9 cm³/mol. The van der Waals surface area contributed by atoms with Crippen LogP contribution in [-0.2, 0) is 0 Å². The van der Waals surface area contributed by atoms with Crippen molar-refractivity contribution in [2.24, 2.45) is 0 Å². The molecule has 0 bridgehead atoms. The fraction of sp³-hybridized carbons (Fsp3) is 0.778. The lowest BCUT2D eigenvalue weighted by molar-refractivity contribution is 0.668. The number of hydrogen-bond acceptors (Lipinski definition) is 0. The molecule has 0 saturated heterocycles. The molecule has 2 aliphatic carbocycles. The largest absolute Gasteiger partial charge is 0.0810 e.